The van der Waals surface area contributed by atoms with E-state index in [4.69, 9.17) is 10.00 Å². The van der Waals surface area contributed by atoms with Crippen LogP contribution in [-0.2, 0) is 17.1 Å². The van der Waals surface area contributed by atoms with Gasteiger partial charge in [0, 0.05) is 5.57 Å². The van der Waals surface area contributed by atoms with Gasteiger partial charge in [-0.1, -0.05) is 0 Å². The predicted molar refractivity (Wildman–Crippen MR) is 72.7 cm³/mol. The lowest BCUT2D eigenvalue weighted by Crippen LogP contribution is -2.15. The van der Waals surface area contributed by atoms with Crippen molar-refractivity contribution in [3.63, 3.8) is 0 Å². The Morgan fingerprint density at radius 3 is 2.04 bits per heavy atom. The summed E-state index contributed by atoms with van der Waals surface area (Å²) in [5.41, 5.74) is -2.46. The SMILES string of the molecule is CC(O[C@@H]1C=C(C#N)CC1)c1cc(C(F)(F)F)cc(C(F)(F)F)c1. The maximum atomic E-state index is 12.8. The van der Waals surface area contributed by atoms with Crippen LogP contribution in [0.3, 0.4) is 0 Å². The van der Waals surface area contributed by atoms with E-state index >= 15 is 0 Å². The molecule has 0 N–H and O–H groups in total. The largest absolute Gasteiger partial charge is 0.416 e. The van der Waals surface area contributed by atoms with E-state index in [0.29, 0.717) is 30.5 Å². The van der Waals surface area contributed by atoms with Crippen LogP contribution >= 0.6 is 0 Å². The standard InChI is InChI=1S/C16H13F6NO/c1-9(24-14-3-2-10(4-14)8-23)11-5-12(15(17,18)19)7-13(6-11)16(20,21)22/h4-7,9,14H,2-3H2,1H3/t9?,14-/m0/s1. The highest BCUT2D eigenvalue weighted by Gasteiger charge is 2.37. The summed E-state index contributed by atoms with van der Waals surface area (Å²) < 4.78 is 82.6. The topological polar surface area (TPSA) is 33.0 Å². The Balaban J connectivity index is 2.32. The van der Waals surface area contributed by atoms with Gasteiger partial charge in [0.05, 0.1) is 29.4 Å². The van der Waals surface area contributed by atoms with Gasteiger partial charge < -0.3 is 4.74 Å². The van der Waals surface area contributed by atoms with Crippen LogP contribution in [0.5, 0.6) is 0 Å². The third kappa shape index (κ3) is 4.29. The maximum Gasteiger partial charge on any atom is 0.416 e. The Bertz CT molecular complexity index is 651. The lowest BCUT2D eigenvalue weighted by atomic mass is 10.0. The molecule has 2 atom stereocenters. The van der Waals surface area contributed by atoms with Crippen LogP contribution in [-0.4, -0.2) is 6.10 Å². The van der Waals surface area contributed by atoms with Gasteiger partial charge in [0.1, 0.15) is 0 Å². The molecule has 1 aromatic carbocycles. The molecule has 0 aromatic heterocycles. The van der Waals surface area contributed by atoms with Crippen LogP contribution in [0.15, 0.2) is 29.8 Å². The number of halogens is 6. The third-order valence-electron chi connectivity index (χ3n) is 3.69. The van der Waals surface area contributed by atoms with Gasteiger partial charge in [-0.25, -0.2) is 0 Å². The fourth-order valence-corrected chi connectivity index (χ4v) is 2.44. The van der Waals surface area contributed by atoms with E-state index in [-0.39, 0.29) is 11.6 Å². The molecule has 0 radical (unpaired) electrons. The Morgan fingerprint density at radius 2 is 1.62 bits per heavy atom. The molecular formula is C16H13F6NO. The van der Waals surface area contributed by atoms with Crippen LogP contribution in [0, 0.1) is 11.3 Å². The van der Waals surface area contributed by atoms with Crippen molar-refractivity contribution in [2.75, 3.05) is 0 Å². The molecule has 130 valence electrons. The second kappa shape index (κ2) is 6.48. The molecule has 2 rings (SSSR count). The van der Waals surface area contributed by atoms with Crippen molar-refractivity contribution in [1.82, 2.24) is 0 Å². The van der Waals surface area contributed by atoms with Gasteiger partial charge in [-0.2, -0.15) is 31.6 Å². The van der Waals surface area contributed by atoms with Gasteiger partial charge in [-0.05, 0) is 49.6 Å². The Labute approximate surface area is 134 Å². The first kappa shape index (κ1) is 18.3. The number of nitrogens with zero attached hydrogens (tertiary/aromatic N) is 1. The highest BCUT2D eigenvalue weighted by Crippen LogP contribution is 2.38. The number of ether oxygens (including phenoxy) is 1. The minimum absolute atomic E-state index is 0.0828. The molecule has 0 bridgehead atoms. The fourth-order valence-electron chi connectivity index (χ4n) is 2.44. The van der Waals surface area contributed by atoms with Crippen LogP contribution in [0.1, 0.15) is 42.6 Å². The Kier molecular flexibility index (Phi) is 4.95. The molecule has 1 aliphatic rings. The molecule has 1 aliphatic carbocycles. The smallest absolute Gasteiger partial charge is 0.366 e. The van der Waals surface area contributed by atoms with Gasteiger partial charge in [0.15, 0.2) is 0 Å². The lowest BCUT2D eigenvalue weighted by Gasteiger charge is -2.20. The molecule has 0 heterocycles. The number of nitriles is 1. The number of hydrogen-bond acceptors (Lipinski definition) is 2. The normalized spacial score (nSPS) is 19.8. The number of hydrogen-bond donors (Lipinski definition) is 0. The van der Waals surface area contributed by atoms with Crippen molar-refractivity contribution in [3.8, 4) is 6.07 Å². The molecule has 2 nitrogen and oxygen atoms in total. The van der Waals surface area contributed by atoms with Crippen molar-refractivity contribution in [3.05, 3.63) is 46.5 Å². The zero-order valence-corrected chi connectivity index (χ0v) is 12.5. The molecule has 0 amide bonds. The highest BCUT2D eigenvalue weighted by molar-refractivity contribution is 5.35. The summed E-state index contributed by atoms with van der Waals surface area (Å²) in [5.74, 6) is 0. The number of allylic oxidation sites excluding steroid dienone is 1. The number of benzene rings is 1. The summed E-state index contributed by atoms with van der Waals surface area (Å²) in [6, 6.07) is 3.34. The van der Waals surface area contributed by atoms with Crippen LogP contribution in [0.2, 0.25) is 0 Å². The average Bonchev–Trinajstić information content (AvgIpc) is 2.92. The Morgan fingerprint density at radius 1 is 1.08 bits per heavy atom. The minimum Gasteiger partial charge on any atom is -0.366 e. The van der Waals surface area contributed by atoms with Gasteiger partial charge >= 0.3 is 12.4 Å². The molecule has 1 unspecified atom stereocenters. The summed E-state index contributed by atoms with van der Waals surface area (Å²) in [5, 5.41) is 8.76. The molecular weight excluding hydrogens is 336 g/mol. The van der Waals surface area contributed by atoms with Crippen molar-refractivity contribution in [2.24, 2.45) is 0 Å². The molecule has 0 fully saturated rings. The van der Waals surface area contributed by atoms with Crippen LogP contribution in [0.25, 0.3) is 0 Å². The van der Waals surface area contributed by atoms with Gasteiger partial charge in [-0.15, -0.1) is 0 Å². The Hall–Kier alpha value is -2.01. The highest BCUT2D eigenvalue weighted by atomic mass is 19.4. The quantitative estimate of drug-likeness (QED) is 0.683. The van der Waals surface area contributed by atoms with Crippen molar-refractivity contribution < 1.29 is 31.1 Å². The van der Waals surface area contributed by atoms with Gasteiger partial charge in [-0.3, -0.25) is 0 Å². The summed E-state index contributed by atoms with van der Waals surface area (Å²) >= 11 is 0. The monoisotopic (exact) mass is 349 g/mol. The molecule has 0 saturated heterocycles. The second-order valence-corrected chi connectivity index (χ2v) is 5.50. The average molecular weight is 349 g/mol. The molecule has 1 aromatic rings. The molecule has 8 heteroatoms. The molecule has 0 spiro atoms. The van der Waals surface area contributed by atoms with Crippen molar-refractivity contribution >= 4 is 0 Å². The number of alkyl halides is 6. The zero-order valence-electron chi connectivity index (χ0n) is 12.5. The summed E-state index contributed by atoms with van der Waals surface area (Å²) in [6.45, 7) is 1.38. The van der Waals surface area contributed by atoms with E-state index < -0.39 is 35.7 Å². The third-order valence-corrected chi connectivity index (χ3v) is 3.69. The molecule has 0 saturated carbocycles. The van der Waals surface area contributed by atoms with Crippen molar-refractivity contribution in [2.45, 2.75) is 44.3 Å². The van der Waals surface area contributed by atoms with E-state index in [1.807, 2.05) is 6.07 Å². The summed E-state index contributed by atoms with van der Waals surface area (Å²) in [4.78, 5) is 0. The van der Waals surface area contributed by atoms with Gasteiger partial charge in [0.2, 0.25) is 0 Å². The number of rotatable bonds is 3. The first-order valence-corrected chi connectivity index (χ1v) is 7.06. The molecule has 24 heavy (non-hydrogen) atoms. The lowest BCUT2D eigenvalue weighted by molar-refractivity contribution is -0.143. The van der Waals surface area contributed by atoms with Crippen LogP contribution < -0.4 is 0 Å². The van der Waals surface area contributed by atoms with Crippen LogP contribution in [0.4, 0.5) is 26.3 Å². The molecule has 0 aliphatic heterocycles. The van der Waals surface area contributed by atoms with E-state index in [0.717, 1.165) is 0 Å². The summed E-state index contributed by atoms with van der Waals surface area (Å²) in [6.07, 6.45) is -8.78. The van der Waals surface area contributed by atoms with E-state index in [9.17, 15) is 26.3 Å². The predicted octanol–water partition coefficient (Wildman–Crippen LogP) is 5.41. The fraction of sp³-hybridized carbons (Fsp3) is 0.438. The minimum atomic E-state index is -4.89. The first-order chi connectivity index (χ1) is 11.0. The van der Waals surface area contributed by atoms with Gasteiger partial charge in [0.25, 0.3) is 0 Å². The maximum absolute atomic E-state index is 12.8. The van der Waals surface area contributed by atoms with E-state index in [1.54, 1.807) is 0 Å². The van der Waals surface area contributed by atoms with Crippen molar-refractivity contribution in [1.29, 1.82) is 5.26 Å². The van der Waals surface area contributed by atoms with E-state index in [1.165, 1.54) is 13.0 Å². The first-order valence-electron chi connectivity index (χ1n) is 7.06. The zero-order chi connectivity index (χ0) is 18.1. The van der Waals surface area contributed by atoms with E-state index in [2.05, 4.69) is 0 Å². The second-order valence-electron chi connectivity index (χ2n) is 5.50. The summed E-state index contributed by atoms with van der Waals surface area (Å²) in [7, 11) is 0.